The van der Waals surface area contributed by atoms with Crippen molar-refractivity contribution < 1.29 is 9.22 Å². The van der Waals surface area contributed by atoms with E-state index in [9.17, 15) is 0 Å². The lowest BCUT2D eigenvalue weighted by molar-refractivity contribution is -0.886. The Hall–Kier alpha value is -3.71. The van der Waals surface area contributed by atoms with Gasteiger partial charge in [0.05, 0.1) is 23.6 Å². The zero-order valence-electron chi connectivity index (χ0n) is 19.6. The molecule has 7 heteroatoms. The maximum atomic E-state index is 8.75. The molecule has 0 radical (unpaired) electrons. The lowest BCUT2D eigenvalue weighted by Crippen LogP contribution is -2.61. The van der Waals surface area contributed by atoms with E-state index in [4.69, 9.17) is 21.3 Å². The van der Waals surface area contributed by atoms with E-state index in [-0.39, 0.29) is 18.0 Å². The number of imidazole rings is 1. The first-order valence-corrected chi connectivity index (χ1v) is 11.8. The second-order valence-electron chi connectivity index (χ2n) is 9.41. The Morgan fingerprint density at radius 2 is 1.82 bits per heavy atom. The maximum absolute atomic E-state index is 8.75. The van der Waals surface area contributed by atoms with Crippen LogP contribution in [0.2, 0.25) is 0 Å². The highest BCUT2D eigenvalue weighted by Gasteiger charge is 2.43. The molecule has 3 atom stereocenters. The summed E-state index contributed by atoms with van der Waals surface area (Å²) in [6.45, 7) is 5.69. The molecule has 5 rings (SSSR count). The molecule has 3 aromatic carbocycles. The molecule has 34 heavy (non-hydrogen) atoms. The molecule has 0 bridgehead atoms. The van der Waals surface area contributed by atoms with Gasteiger partial charge in [-0.25, -0.2) is 0 Å². The molecule has 0 amide bonds. The number of quaternary nitrogens is 1. The summed E-state index contributed by atoms with van der Waals surface area (Å²) in [6.07, 6.45) is 1.75. The molecule has 0 aliphatic carbocycles. The topological polar surface area (TPSA) is 112 Å². The number of piperidine rings is 1. The van der Waals surface area contributed by atoms with Crippen LogP contribution in [0, 0.1) is 10.8 Å². The van der Waals surface area contributed by atoms with E-state index in [1.54, 1.807) is 0 Å². The first-order chi connectivity index (χ1) is 16.4. The van der Waals surface area contributed by atoms with Gasteiger partial charge in [-0.2, -0.15) is 4.98 Å². The number of para-hydroxylation sites is 2. The quantitative estimate of drug-likeness (QED) is 0.194. The van der Waals surface area contributed by atoms with E-state index in [2.05, 4.69) is 29.0 Å². The summed E-state index contributed by atoms with van der Waals surface area (Å²) < 4.78 is 6.86. The third kappa shape index (κ3) is 3.82. The fraction of sp³-hybridized carbons (Fsp3) is 0.296. The molecular formula is C27H31N6O+. The first kappa shape index (κ1) is 22.1. The van der Waals surface area contributed by atoms with E-state index < -0.39 is 0 Å². The Morgan fingerprint density at radius 3 is 2.53 bits per heavy atom. The van der Waals surface area contributed by atoms with Crippen molar-refractivity contribution in [3.63, 3.8) is 0 Å². The number of likely N-dealkylation sites (tertiary alicyclic amines) is 1. The van der Waals surface area contributed by atoms with E-state index in [1.165, 1.54) is 5.56 Å². The highest BCUT2D eigenvalue weighted by molar-refractivity contribution is 6.08. The van der Waals surface area contributed by atoms with Gasteiger partial charge in [0, 0.05) is 30.9 Å². The Bertz CT molecular complexity index is 1360. The van der Waals surface area contributed by atoms with E-state index in [0.717, 1.165) is 53.3 Å². The third-order valence-electron chi connectivity index (χ3n) is 7.37. The van der Waals surface area contributed by atoms with Crippen molar-refractivity contribution in [3.8, 4) is 6.01 Å². The van der Waals surface area contributed by atoms with Crippen molar-refractivity contribution in [2.75, 3.05) is 6.54 Å². The van der Waals surface area contributed by atoms with Gasteiger partial charge >= 0.3 is 0 Å². The lowest BCUT2D eigenvalue weighted by Gasteiger charge is -2.47. The highest BCUT2D eigenvalue weighted by atomic mass is 16.5. The van der Waals surface area contributed by atoms with Crippen molar-refractivity contribution >= 4 is 33.5 Å². The largest absolute Gasteiger partial charge is 0.461 e. The minimum absolute atomic E-state index is 0.0537. The number of nitrogens with two attached hydrogens (primary N) is 1. The summed E-state index contributed by atoms with van der Waals surface area (Å²) >= 11 is 0. The second kappa shape index (κ2) is 8.57. The van der Waals surface area contributed by atoms with Gasteiger partial charge in [-0.1, -0.05) is 48.5 Å². The maximum Gasteiger partial charge on any atom is 0.294 e. The fourth-order valence-corrected chi connectivity index (χ4v) is 5.43. The zero-order chi connectivity index (χ0) is 23.9. The van der Waals surface area contributed by atoms with Gasteiger partial charge in [0.25, 0.3) is 6.01 Å². The van der Waals surface area contributed by atoms with Gasteiger partial charge in [0.2, 0.25) is 0 Å². The molecule has 1 aliphatic heterocycles. The van der Waals surface area contributed by atoms with E-state index in [0.29, 0.717) is 16.3 Å². The molecule has 4 aromatic rings. The zero-order valence-corrected chi connectivity index (χ0v) is 19.6. The Balaban J connectivity index is 1.40. The van der Waals surface area contributed by atoms with Gasteiger partial charge in [-0.3, -0.25) is 15.3 Å². The summed E-state index contributed by atoms with van der Waals surface area (Å²) in [7, 11) is 0. The summed E-state index contributed by atoms with van der Waals surface area (Å²) in [5.74, 6) is 0.737. The minimum atomic E-state index is 0.0537. The average Bonchev–Trinajstić information content (AvgIpc) is 3.23. The van der Waals surface area contributed by atoms with Crippen molar-refractivity contribution in [1.82, 2.24) is 9.97 Å². The number of hydrogen-bond acceptors (Lipinski definition) is 4. The van der Waals surface area contributed by atoms with Crippen LogP contribution in [-0.4, -0.2) is 44.8 Å². The number of nitrogens with zero attached hydrogens (tertiary/aromatic N) is 2. The summed E-state index contributed by atoms with van der Waals surface area (Å²) in [5.41, 5.74) is 9.65. The van der Waals surface area contributed by atoms with Gasteiger partial charge in [-0.15, -0.1) is 0 Å². The summed E-state index contributed by atoms with van der Waals surface area (Å²) in [5, 5.41) is 18.8. The molecule has 1 aromatic heterocycles. The number of rotatable bonds is 5. The van der Waals surface area contributed by atoms with Crippen molar-refractivity contribution in [2.45, 2.75) is 45.4 Å². The molecule has 1 fully saturated rings. The van der Waals surface area contributed by atoms with E-state index in [1.807, 2.05) is 55.5 Å². The standard InChI is InChI=1S/C27H31N6O/c1-17-15-20(34-27-31-24-9-5-6-10-25(24)32-27)13-14-33(17,18(2)28)16-19-11-12-23(26(29)30)22-8-4-3-7-21(19)22/h3-12,17,20,28H,13-16H2,1-2H3,(H3,29,30)(H,31,32)/q+1. The van der Waals surface area contributed by atoms with E-state index >= 15 is 0 Å². The van der Waals surface area contributed by atoms with Crippen molar-refractivity contribution in [1.29, 1.82) is 10.8 Å². The SMILES string of the molecule is CC(=N)[N+]1(Cc2ccc(C(=N)N)c3ccccc23)CCC(Oc2nc3ccccc3[nH]2)CC1C. The van der Waals surface area contributed by atoms with Gasteiger partial charge in [0.1, 0.15) is 18.5 Å². The minimum Gasteiger partial charge on any atom is -0.461 e. The van der Waals surface area contributed by atoms with Crippen molar-refractivity contribution in [3.05, 3.63) is 71.8 Å². The van der Waals surface area contributed by atoms with Crippen LogP contribution in [0.15, 0.2) is 60.7 Å². The predicted octanol–water partition coefficient (Wildman–Crippen LogP) is 4.94. The van der Waals surface area contributed by atoms with Gasteiger partial charge in [-0.05, 0) is 29.8 Å². The number of nitrogen functional groups attached to an aromatic ring is 1. The molecule has 7 nitrogen and oxygen atoms in total. The number of amidine groups is 2. The smallest absolute Gasteiger partial charge is 0.294 e. The summed E-state index contributed by atoms with van der Waals surface area (Å²) in [6, 6.07) is 20.8. The highest BCUT2D eigenvalue weighted by Crippen LogP contribution is 2.34. The Kier molecular flexibility index (Phi) is 5.57. The molecule has 174 valence electrons. The van der Waals surface area contributed by atoms with Crippen molar-refractivity contribution in [2.24, 2.45) is 5.73 Å². The number of ether oxygens (including phenoxy) is 1. The lowest BCUT2D eigenvalue weighted by atomic mass is 9.93. The van der Waals surface area contributed by atoms with Crippen LogP contribution in [0.3, 0.4) is 0 Å². The van der Waals surface area contributed by atoms with Crippen LogP contribution >= 0.6 is 0 Å². The van der Waals surface area contributed by atoms with Crippen LogP contribution in [0.4, 0.5) is 0 Å². The number of H-pyrrole nitrogens is 1. The van der Waals surface area contributed by atoms with Crippen LogP contribution in [-0.2, 0) is 6.54 Å². The molecule has 5 N–H and O–H groups in total. The average molecular weight is 456 g/mol. The van der Waals surface area contributed by atoms with Gasteiger partial charge < -0.3 is 15.5 Å². The number of hydrogen-bond donors (Lipinski definition) is 4. The van der Waals surface area contributed by atoms with Crippen LogP contribution < -0.4 is 10.5 Å². The number of fused-ring (bicyclic) bond motifs is 2. The molecule has 0 spiro atoms. The Morgan fingerprint density at radius 1 is 1.09 bits per heavy atom. The van der Waals surface area contributed by atoms with Crippen LogP contribution in [0.25, 0.3) is 21.8 Å². The molecule has 2 heterocycles. The normalized spacial score (nSPS) is 22.6. The second-order valence-corrected chi connectivity index (χ2v) is 9.41. The number of aromatic amines is 1. The molecule has 0 saturated carbocycles. The van der Waals surface area contributed by atoms with Gasteiger partial charge in [0.15, 0.2) is 5.84 Å². The van der Waals surface area contributed by atoms with Crippen LogP contribution in [0.5, 0.6) is 6.01 Å². The number of benzene rings is 3. The number of nitrogens with one attached hydrogen (secondary N) is 3. The van der Waals surface area contributed by atoms with Crippen LogP contribution in [0.1, 0.15) is 37.8 Å². The number of aromatic nitrogens is 2. The molecular weight excluding hydrogens is 424 g/mol. The molecule has 1 saturated heterocycles. The monoisotopic (exact) mass is 455 g/mol. The molecule has 3 unspecified atom stereocenters. The fourth-order valence-electron chi connectivity index (χ4n) is 5.43. The first-order valence-electron chi connectivity index (χ1n) is 11.8. The molecule has 1 aliphatic rings. The predicted molar refractivity (Wildman–Crippen MR) is 136 cm³/mol. The Labute approximate surface area is 199 Å². The summed E-state index contributed by atoms with van der Waals surface area (Å²) in [4.78, 5) is 7.84. The third-order valence-corrected chi connectivity index (χ3v) is 7.37.